The first kappa shape index (κ1) is 30.4. The van der Waals surface area contributed by atoms with Crippen LogP contribution in [0.5, 0.6) is 5.75 Å². The van der Waals surface area contributed by atoms with Crippen molar-refractivity contribution in [2.75, 3.05) is 38.6 Å². The van der Waals surface area contributed by atoms with Crippen molar-refractivity contribution in [3.63, 3.8) is 0 Å². The van der Waals surface area contributed by atoms with Crippen molar-refractivity contribution in [3.8, 4) is 17.0 Å². The molecule has 0 amide bonds. The van der Waals surface area contributed by atoms with Crippen molar-refractivity contribution in [2.45, 2.75) is 57.9 Å². The standard InChI is InChI=1S/C30H44N8O3/c1-21(2)38-29-25(19-34-38)28(32-13-7-5-6-8-14-33-30(40)26-12-15-37(4)36-26)17-27(35-29)22-10-9-11-24(16-22)41-20-23(39)18-31-3/h9-12,15-17,19,21,23,30-31,33,39-40H,5-8,13-14,18,20H2,1-4H3,(H,32,35). The maximum absolute atomic E-state index is 10.2. The Morgan fingerprint density at radius 2 is 1.83 bits per heavy atom. The Bertz CT molecular complexity index is 1370. The normalized spacial score (nSPS) is 13.1. The molecule has 222 valence electrons. The molecule has 4 aromatic rings. The van der Waals surface area contributed by atoms with E-state index in [1.807, 2.05) is 54.5 Å². The van der Waals surface area contributed by atoms with Crippen molar-refractivity contribution in [1.29, 1.82) is 0 Å². The average Bonchev–Trinajstić information content (AvgIpc) is 3.60. The van der Waals surface area contributed by atoms with Crippen LogP contribution in [0.1, 0.15) is 57.5 Å². The number of hydrogen-bond donors (Lipinski definition) is 5. The van der Waals surface area contributed by atoms with E-state index in [1.165, 1.54) is 0 Å². The monoisotopic (exact) mass is 564 g/mol. The zero-order valence-corrected chi connectivity index (χ0v) is 24.5. The molecule has 3 aromatic heterocycles. The number of ether oxygens (including phenoxy) is 1. The fourth-order valence-electron chi connectivity index (χ4n) is 4.67. The summed E-state index contributed by atoms with van der Waals surface area (Å²) in [6.45, 7) is 6.46. The van der Waals surface area contributed by atoms with Gasteiger partial charge in [-0.25, -0.2) is 9.67 Å². The summed E-state index contributed by atoms with van der Waals surface area (Å²) in [5, 5.41) is 39.7. The fraction of sp³-hybridized carbons (Fsp3) is 0.500. The van der Waals surface area contributed by atoms with E-state index in [4.69, 9.17) is 9.72 Å². The summed E-state index contributed by atoms with van der Waals surface area (Å²) in [4.78, 5) is 4.98. The second-order valence-electron chi connectivity index (χ2n) is 10.6. The molecule has 5 N–H and O–H groups in total. The quantitative estimate of drug-likeness (QED) is 0.0963. The lowest BCUT2D eigenvalue weighted by Gasteiger charge is -2.14. The van der Waals surface area contributed by atoms with Crippen molar-refractivity contribution in [3.05, 3.63) is 54.5 Å². The van der Waals surface area contributed by atoms with Gasteiger partial charge in [0.05, 0.1) is 17.3 Å². The van der Waals surface area contributed by atoms with Crippen LogP contribution in [0.2, 0.25) is 0 Å². The molecular weight excluding hydrogens is 520 g/mol. The molecule has 0 fully saturated rings. The molecule has 1 aromatic carbocycles. The zero-order chi connectivity index (χ0) is 29.2. The number of benzene rings is 1. The second kappa shape index (κ2) is 14.9. The minimum absolute atomic E-state index is 0.177. The van der Waals surface area contributed by atoms with Crippen LogP contribution in [0, 0.1) is 0 Å². The molecule has 0 saturated heterocycles. The summed E-state index contributed by atoms with van der Waals surface area (Å²) < 4.78 is 9.47. The number of aliphatic hydroxyl groups excluding tert-OH is 2. The number of hydrogen-bond acceptors (Lipinski definition) is 9. The Morgan fingerprint density at radius 1 is 1.02 bits per heavy atom. The fourth-order valence-corrected chi connectivity index (χ4v) is 4.67. The van der Waals surface area contributed by atoms with E-state index < -0.39 is 12.3 Å². The lowest BCUT2D eigenvalue weighted by Crippen LogP contribution is -2.29. The van der Waals surface area contributed by atoms with E-state index in [0.717, 1.165) is 66.8 Å². The smallest absolute Gasteiger partial charge is 0.160 e. The molecule has 11 heteroatoms. The molecule has 2 atom stereocenters. The number of aromatic nitrogens is 5. The number of likely N-dealkylation sites (N-methyl/N-ethyl adjacent to an activating group) is 1. The number of nitrogens with zero attached hydrogens (tertiary/aromatic N) is 5. The van der Waals surface area contributed by atoms with Crippen LogP contribution in [0.15, 0.2) is 48.8 Å². The second-order valence-corrected chi connectivity index (χ2v) is 10.6. The summed E-state index contributed by atoms with van der Waals surface area (Å²) in [5.74, 6) is 0.688. The van der Waals surface area contributed by atoms with E-state index >= 15 is 0 Å². The molecule has 0 aliphatic rings. The highest BCUT2D eigenvalue weighted by molar-refractivity contribution is 5.91. The Labute approximate surface area is 241 Å². The van der Waals surface area contributed by atoms with E-state index in [-0.39, 0.29) is 12.6 Å². The molecular formula is C30H44N8O3. The van der Waals surface area contributed by atoms with Crippen LogP contribution in [0.3, 0.4) is 0 Å². The largest absolute Gasteiger partial charge is 0.491 e. The SMILES string of the molecule is CNCC(O)COc1cccc(-c2cc(NCCCCCCNC(O)c3ccn(C)n3)c3cnn(C(C)C)c3n2)c1. The van der Waals surface area contributed by atoms with Gasteiger partial charge in [0.1, 0.15) is 30.4 Å². The van der Waals surface area contributed by atoms with Gasteiger partial charge in [-0.05, 0) is 64.5 Å². The molecule has 41 heavy (non-hydrogen) atoms. The average molecular weight is 565 g/mol. The Balaban J connectivity index is 1.35. The lowest BCUT2D eigenvalue weighted by atomic mass is 10.1. The summed E-state index contributed by atoms with van der Waals surface area (Å²) in [6, 6.07) is 11.9. The third-order valence-corrected chi connectivity index (χ3v) is 6.84. The number of nitrogens with one attached hydrogen (secondary N) is 3. The first-order chi connectivity index (χ1) is 19.9. The van der Waals surface area contributed by atoms with Gasteiger partial charge in [-0.15, -0.1) is 0 Å². The van der Waals surface area contributed by atoms with Gasteiger partial charge in [-0.3, -0.25) is 10.00 Å². The predicted molar refractivity (Wildman–Crippen MR) is 162 cm³/mol. The molecule has 0 spiro atoms. The van der Waals surface area contributed by atoms with E-state index in [9.17, 15) is 10.2 Å². The van der Waals surface area contributed by atoms with Crippen molar-refractivity contribution < 1.29 is 14.9 Å². The molecule has 0 aliphatic carbocycles. The van der Waals surface area contributed by atoms with Gasteiger partial charge in [-0.1, -0.05) is 25.0 Å². The maximum Gasteiger partial charge on any atom is 0.160 e. The van der Waals surface area contributed by atoms with Crippen LogP contribution in [-0.2, 0) is 7.05 Å². The Kier molecular flexibility index (Phi) is 11.1. The number of pyridine rings is 1. The number of rotatable bonds is 17. The maximum atomic E-state index is 10.2. The third-order valence-electron chi connectivity index (χ3n) is 6.84. The van der Waals surface area contributed by atoms with Crippen molar-refractivity contribution >= 4 is 16.7 Å². The van der Waals surface area contributed by atoms with Gasteiger partial charge in [0.2, 0.25) is 0 Å². The number of aliphatic hydroxyl groups is 2. The molecule has 2 unspecified atom stereocenters. The Hall–Kier alpha value is -3.51. The van der Waals surface area contributed by atoms with E-state index in [2.05, 4.69) is 46.1 Å². The molecule has 4 rings (SSSR count). The third kappa shape index (κ3) is 8.49. The molecule has 0 aliphatic heterocycles. The minimum Gasteiger partial charge on any atom is -0.491 e. The van der Waals surface area contributed by atoms with Gasteiger partial charge in [0.25, 0.3) is 0 Å². The number of aryl methyl sites for hydroxylation is 1. The van der Waals surface area contributed by atoms with E-state index in [0.29, 0.717) is 18.0 Å². The summed E-state index contributed by atoms with van der Waals surface area (Å²) in [6.07, 6.45) is 6.56. The molecule has 11 nitrogen and oxygen atoms in total. The van der Waals surface area contributed by atoms with Crippen LogP contribution in [0.4, 0.5) is 5.69 Å². The molecule has 3 heterocycles. The van der Waals surface area contributed by atoms with Gasteiger partial charge >= 0.3 is 0 Å². The first-order valence-corrected chi connectivity index (χ1v) is 14.4. The minimum atomic E-state index is -0.731. The topological polar surface area (TPSA) is 134 Å². The predicted octanol–water partition coefficient (Wildman–Crippen LogP) is 3.62. The zero-order valence-electron chi connectivity index (χ0n) is 24.5. The van der Waals surface area contributed by atoms with Gasteiger partial charge in [0, 0.05) is 43.6 Å². The van der Waals surface area contributed by atoms with Gasteiger partial charge in [-0.2, -0.15) is 10.2 Å². The summed E-state index contributed by atoms with van der Waals surface area (Å²) in [7, 11) is 3.64. The number of anilines is 1. The van der Waals surface area contributed by atoms with Gasteiger partial charge in [0.15, 0.2) is 5.65 Å². The van der Waals surface area contributed by atoms with Crippen LogP contribution >= 0.6 is 0 Å². The highest BCUT2D eigenvalue weighted by atomic mass is 16.5. The van der Waals surface area contributed by atoms with Gasteiger partial charge < -0.3 is 25.6 Å². The highest BCUT2D eigenvalue weighted by Gasteiger charge is 2.15. The molecule has 0 saturated carbocycles. The molecule has 0 bridgehead atoms. The van der Waals surface area contributed by atoms with Crippen molar-refractivity contribution in [1.82, 2.24) is 35.2 Å². The van der Waals surface area contributed by atoms with Crippen LogP contribution in [0.25, 0.3) is 22.3 Å². The number of unbranched alkanes of at least 4 members (excludes halogenated alkanes) is 3. The molecule has 0 radical (unpaired) electrons. The lowest BCUT2D eigenvalue weighted by molar-refractivity contribution is 0.108. The summed E-state index contributed by atoms with van der Waals surface area (Å²) >= 11 is 0. The number of fused-ring (bicyclic) bond motifs is 1. The first-order valence-electron chi connectivity index (χ1n) is 14.4. The summed E-state index contributed by atoms with van der Waals surface area (Å²) in [5.41, 5.74) is 4.26. The highest BCUT2D eigenvalue weighted by Crippen LogP contribution is 2.31. The van der Waals surface area contributed by atoms with E-state index in [1.54, 1.807) is 11.7 Å². The van der Waals surface area contributed by atoms with Crippen LogP contribution in [-0.4, -0.2) is 74.2 Å². The van der Waals surface area contributed by atoms with Crippen molar-refractivity contribution in [2.24, 2.45) is 7.05 Å². The van der Waals surface area contributed by atoms with Crippen LogP contribution < -0.4 is 20.7 Å². The Morgan fingerprint density at radius 3 is 2.56 bits per heavy atom.